The van der Waals surface area contributed by atoms with E-state index >= 15 is 0 Å². The molecule has 0 bridgehead atoms. The van der Waals surface area contributed by atoms with Crippen molar-refractivity contribution in [2.75, 3.05) is 7.11 Å². The Morgan fingerprint density at radius 3 is 2.57 bits per heavy atom. The molecule has 0 fully saturated rings. The second-order valence-corrected chi connectivity index (χ2v) is 5.75. The number of non-ortho nitro benzene ring substituents is 1. The van der Waals surface area contributed by atoms with Gasteiger partial charge in [0, 0.05) is 23.1 Å². The third-order valence-corrected chi connectivity index (χ3v) is 3.88. The van der Waals surface area contributed by atoms with Crippen molar-refractivity contribution in [3.8, 4) is 5.75 Å². The Morgan fingerprint density at radius 1 is 1.21 bits per heavy atom. The molecule has 1 heterocycles. The minimum atomic E-state index is -0.557. The fraction of sp³-hybridized carbons (Fsp3) is 0.111. The molecule has 142 valence electrons. The molecule has 1 aromatic heterocycles. The predicted molar refractivity (Wildman–Crippen MR) is 103 cm³/mol. The lowest BCUT2D eigenvalue weighted by molar-refractivity contribution is -0.384. The van der Waals surface area contributed by atoms with E-state index < -0.39 is 10.8 Å². The van der Waals surface area contributed by atoms with Crippen LogP contribution in [-0.4, -0.2) is 33.9 Å². The van der Waals surface area contributed by atoms with Gasteiger partial charge in [-0.15, -0.1) is 0 Å². The highest BCUT2D eigenvalue weighted by Gasteiger charge is 2.11. The van der Waals surface area contributed by atoms with Gasteiger partial charge in [0.2, 0.25) is 5.96 Å². The molecular formula is C18H16N6O4. The van der Waals surface area contributed by atoms with Crippen LogP contribution in [0.15, 0.2) is 47.5 Å². The molecule has 0 atom stereocenters. The number of guanidine groups is 1. The number of carbonyl (C=O) groups excluding carboxylic acids is 1. The number of carbonyl (C=O) groups is 1. The number of methoxy groups -OCH3 is 1. The number of nitro groups is 1. The second-order valence-electron chi connectivity index (χ2n) is 5.75. The number of hydrogen-bond acceptors (Lipinski definition) is 7. The highest BCUT2D eigenvalue weighted by Crippen LogP contribution is 2.23. The Morgan fingerprint density at radius 2 is 1.93 bits per heavy atom. The van der Waals surface area contributed by atoms with Crippen molar-refractivity contribution in [1.82, 2.24) is 15.3 Å². The van der Waals surface area contributed by atoms with Crippen molar-refractivity contribution >= 4 is 34.4 Å². The van der Waals surface area contributed by atoms with E-state index in [4.69, 9.17) is 10.5 Å². The first-order valence-corrected chi connectivity index (χ1v) is 8.09. The molecule has 0 aliphatic carbocycles. The van der Waals surface area contributed by atoms with Crippen LogP contribution in [0.5, 0.6) is 5.75 Å². The Kier molecular flexibility index (Phi) is 5.12. The third kappa shape index (κ3) is 4.01. The number of aromatic nitrogens is 2. The molecule has 0 aliphatic rings. The van der Waals surface area contributed by atoms with Gasteiger partial charge in [-0.25, -0.2) is 9.97 Å². The van der Waals surface area contributed by atoms with Crippen LogP contribution in [0.25, 0.3) is 10.9 Å². The van der Waals surface area contributed by atoms with Crippen molar-refractivity contribution in [3.05, 3.63) is 63.8 Å². The summed E-state index contributed by atoms with van der Waals surface area (Å²) < 4.78 is 5.19. The largest absolute Gasteiger partial charge is 0.497 e. The standard InChI is InChI=1S/C18H16N6O4/c1-10-14-9-13(28-2)7-8-15(14)21-18(20-10)23-17(19)22-16(25)11-3-5-12(6-4-11)24(26)27/h3-9H,1-2H3,(H3,19,20,21,22,23,25). The predicted octanol–water partition coefficient (Wildman–Crippen LogP) is 2.23. The molecule has 0 aliphatic heterocycles. The Balaban J connectivity index is 1.80. The van der Waals surface area contributed by atoms with Crippen LogP contribution in [0.2, 0.25) is 0 Å². The molecule has 2 aromatic carbocycles. The zero-order chi connectivity index (χ0) is 20.3. The Labute approximate surface area is 159 Å². The lowest BCUT2D eigenvalue weighted by Gasteiger charge is -2.07. The van der Waals surface area contributed by atoms with Gasteiger partial charge in [-0.05, 0) is 37.3 Å². The molecule has 1 amide bonds. The fourth-order valence-electron chi connectivity index (χ4n) is 2.48. The summed E-state index contributed by atoms with van der Waals surface area (Å²) in [6.45, 7) is 1.80. The van der Waals surface area contributed by atoms with Crippen molar-refractivity contribution < 1.29 is 14.5 Å². The van der Waals surface area contributed by atoms with E-state index in [-0.39, 0.29) is 23.2 Å². The molecule has 28 heavy (non-hydrogen) atoms. The van der Waals surface area contributed by atoms with Gasteiger partial charge in [0.1, 0.15) is 5.75 Å². The summed E-state index contributed by atoms with van der Waals surface area (Å²) in [4.78, 5) is 34.9. The van der Waals surface area contributed by atoms with E-state index in [2.05, 4.69) is 20.3 Å². The van der Waals surface area contributed by atoms with Crippen LogP contribution in [0.1, 0.15) is 16.1 Å². The number of aliphatic imine (C=N–C) groups is 1. The number of nitrogens with zero attached hydrogens (tertiary/aromatic N) is 4. The van der Waals surface area contributed by atoms with Crippen LogP contribution in [0.4, 0.5) is 11.6 Å². The molecule has 10 nitrogen and oxygen atoms in total. The van der Waals surface area contributed by atoms with Gasteiger partial charge in [-0.1, -0.05) is 0 Å². The van der Waals surface area contributed by atoms with Gasteiger partial charge in [0.15, 0.2) is 0 Å². The normalized spacial score (nSPS) is 11.3. The minimum absolute atomic E-state index is 0.0941. The van der Waals surface area contributed by atoms with E-state index in [1.54, 1.807) is 26.2 Å². The fourth-order valence-corrected chi connectivity index (χ4v) is 2.48. The summed E-state index contributed by atoms with van der Waals surface area (Å²) in [6, 6.07) is 10.5. The van der Waals surface area contributed by atoms with E-state index in [1.165, 1.54) is 24.3 Å². The maximum absolute atomic E-state index is 12.2. The lowest BCUT2D eigenvalue weighted by Crippen LogP contribution is -2.36. The second kappa shape index (κ2) is 7.66. The SMILES string of the molecule is COc1ccc2nc(N=C(N)NC(=O)c3ccc([N+](=O)[O-])cc3)nc(C)c2c1. The number of aryl methyl sites for hydroxylation is 1. The van der Waals surface area contributed by atoms with Gasteiger partial charge >= 0.3 is 0 Å². The lowest BCUT2D eigenvalue weighted by atomic mass is 10.2. The highest BCUT2D eigenvalue weighted by atomic mass is 16.6. The summed E-state index contributed by atoms with van der Waals surface area (Å²) in [6.07, 6.45) is 0. The molecular weight excluding hydrogens is 364 g/mol. The average Bonchev–Trinajstić information content (AvgIpc) is 2.67. The van der Waals surface area contributed by atoms with Gasteiger partial charge < -0.3 is 10.5 Å². The number of nitrogens with one attached hydrogen (secondary N) is 1. The summed E-state index contributed by atoms with van der Waals surface area (Å²) in [5, 5.41) is 13.9. The monoisotopic (exact) mass is 380 g/mol. The van der Waals surface area contributed by atoms with Crippen LogP contribution in [-0.2, 0) is 0 Å². The number of hydrogen-bond donors (Lipinski definition) is 2. The molecule has 0 spiro atoms. The first kappa shape index (κ1) is 18.7. The van der Waals surface area contributed by atoms with E-state index in [1.807, 2.05) is 6.07 Å². The van der Waals surface area contributed by atoms with Crippen LogP contribution in [0, 0.1) is 17.0 Å². The summed E-state index contributed by atoms with van der Waals surface area (Å²) >= 11 is 0. The van der Waals surface area contributed by atoms with E-state index in [9.17, 15) is 14.9 Å². The van der Waals surface area contributed by atoms with Crippen molar-refractivity contribution in [3.63, 3.8) is 0 Å². The molecule has 10 heteroatoms. The van der Waals surface area contributed by atoms with Gasteiger partial charge in [0.05, 0.1) is 23.2 Å². The molecule has 3 rings (SSSR count). The van der Waals surface area contributed by atoms with E-state index in [0.717, 1.165) is 5.39 Å². The van der Waals surface area contributed by atoms with Gasteiger partial charge in [0.25, 0.3) is 17.5 Å². The average molecular weight is 380 g/mol. The first-order chi connectivity index (χ1) is 13.4. The maximum atomic E-state index is 12.2. The van der Waals surface area contributed by atoms with Gasteiger partial charge in [-0.2, -0.15) is 4.99 Å². The van der Waals surface area contributed by atoms with Crippen molar-refractivity contribution in [2.45, 2.75) is 6.92 Å². The Bertz CT molecular complexity index is 1100. The van der Waals surface area contributed by atoms with E-state index in [0.29, 0.717) is 17.0 Å². The maximum Gasteiger partial charge on any atom is 0.269 e. The molecule has 3 aromatic rings. The van der Waals surface area contributed by atoms with Crippen LogP contribution >= 0.6 is 0 Å². The molecule has 0 radical (unpaired) electrons. The summed E-state index contributed by atoms with van der Waals surface area (Å²) in [5.74, 6) is 0.0241. The zero-order valence-electron chi connectivity index (χ0n) is 15.0. The number of rotatable bonds is 4. The molecule has 0 saturated carbocycles. The zero-order valence-corrected chi connectivity index (χ0v) is 15.0. The number of benzene rings is 2. The molecule has 3 N–H and O–H groups in total. The summed E-state index contributed by atoms with van der Waals surface area (Å²) in [5.41, 5.74) is 7.19. The van der Waals surface area contributed by atoms with Crippen molar-refractivity contribution in [2.24, 2.45) is 10.7 Å². The number of fused-ring (bicyclic) bond motifs is 1. The third-order valence-electron chi connectivity index (χ3n) is 3.88. The Hall–Kier alpha value is -4.08. The van der Waals surface area contributed by atoms with Crippen LogP contribution in [0.3, 0.4) is 0 Å². The number of amides is 1. The first-order valence-electron chi connectivity index (χ1n) is 8.09. The molecule has 0 saturated heterocycles. The quantitative estimate of drug-likeness (QED) is 0.305. The topological polar surface area (TPSA) is 146 Å². The number of ether oxygens (including phenoxy) is 1. The van der Waals surface area contributed by atoms with Crippen LogP contribution < -0.4 is 15.8 Å². The smallest absolute Gasteiger partial charge is 0.269 e. The highest BCUT2D eigenvalue weighted by molar-refractivity contribution is 6.05. The minimum Gasteiger partial charge on any atom is -0.497 e. The molecule has 0 unspecified atom stereocenters. The summed E-state index contributed by atoms with van der Waals surface area (Å²) in [7, 11) is 1.57. The number of nitrogens with two attached hydrogens (primary N) is 1. The van der Waals surface area contributed by atoms with Crippen molar-refractivity contribution in [1.29, 1.82) is 0 Å². The number of nitro benzene ring substituents is 1. The van der Waals surface area contributed by atoms with Gasteiger partial charge in [-0.3, -0.25) is 20.2 Å².